The normalized spacial score (nSPS) is 11.2. The fourth-order valence-electron chi connectivity index (χ4n) is 2.53. The molecule has 22 heavy (non-hydrogen) atoms. The molecule has 1 aromatic heterocycles. The standard InChI is InChI=1S/C16H12F2N2O2/c17-15(18)12-4-2-1-3-11(12)14-7-9-5-6-10(19)8-13(9)20(14)16(21)22/h1-8,15H,19H2,(H,21,22)/p-1. The van der Waals surface area contributed by atoms with E-state index >= 15 is 0 Å². The lowest BCUT2D eigenvalue weighted by Crippen LogP contribution is -2.29. The molecule has 0 aliphatic rings. The van der Waals surface area contributed by atoms with Crippen LogP contribution in [0.2, 0.25) is 0 Å². The molecule has 3 aromatic rings. The van der Waals surface area contributed by atoms with E-state index in [1.807, 2.05) is 0 Å². The Morgan fingerprint density at radius 3 is 2.55 bits per heavy atom. The van der Waals surface area contributed by atoms with Gasteiger partial charge in [-0.2, -0.15) is 0 Å². The number of nitrogens with zero attached hydrogens (tertiary/aromatic N) is 1. The van der Waals surface area contributed by atoms with Crippen molar-refractivity contribution in [2.45, 2.75) is 6.43 Å². The summed E-state index contributed by atoms with van der Waals surface area (Å²) in [4.78, 5) is 11.5. The van der Waals surface area contributed by atoms with Crippen LogP contribution in [0.15, 0.2) is 48.5 Å². The first-order chi connectivity index (χ1) is 10.5. The topological polar surface area (TPSA) is 71.1 Å². The summed E-state index contributed by atoms with van der Waals surface area (Å²) < 4.78 is 27.2. The number of hydrogen-bond donors (Lipinski definition) is 1. The largest absolute Gasteiger partial charge is 0.529 e. The molecule has 1 heterocycles. The van der Waals surface area contributed by atoms with Crippen molar-refractivity contribution in [3.05, 3.63) is 54.1 Å². The van der Waals surface area contributed by atoms with Gasteiger partial charge in [0.05, 0.1) is 11.2 Å². The molecular weight excluding hydrogens is 290 g/mol. The van der Waals surface area contributed by atoms with E-state index in [2.05, 4.69) is 0 Å². The molecule has 0 radical (unpaired) electrons. The van der Waals surface area contributed by atoms with Crippen molar-refractivity contribution in [2.24, 2.45) is 0 Å². The van der Waals surface area contributed by atoms with Gasteiger partial charge in [0.1, 0.15) is 6.09 Å². The summed E-state index contributed by atoms with van der Waals surface area (Å²) in [5.74, 6) is 0. The maximum absolute atomic E-state index is 13.2. The van der Waals surface area contributed by atoms with Crippen molar-refractivity contribution < 1.29 is 18.7 Å². The number of aromatic nitrogens is 1. The molecule has 0 atom stereocenters. The number of rotatable bonds is 2. The van der Waals surface area contributed by atoms with Crippen LogP contribution in [0.25, 0.3) is 22.2 Å². The third kappa shape index (κ3) is 2.18. The van der Waals surface area contributed by atoms with Crippen molar-refractivity contribution in [1.29, 1.82) is 0 Å². The Labute approximate surface area is 124 Å². The SMILES string of the molecule is Nc1ccc2cc(-c3ccccc3C(F)F)n(C(=O)[O-])c2c1. The number of carbonyl (C=O) groups excluding carboxylic acids is 1. The molecule has 0 aliphatic carbocycles. The predicted octanol–water partition coefficient (Wildman–Crippen LogP) is 3.02. The van der Waals surface area contributed by atoms with Gasteiger partial charge in [0, 0.05) is 22.2 Å². The van der Waals surface area contributed by atoms with Crippen LogP contribution in [0, 0.1) is 0 Å². The highest BCUT2D eigenvalue weighted by Crippen LogP contribution is 2.34. The minimum Gasteiger partial charge on any atom is -0.529 e. The molecule has 3 rings (SSSR count). The van der Waals surface area contributed by atoms with Crippen LogP contribution < -0.4 is 10.8 Å². The number of anilines is 1. The number of carboxylic acid groups (broad SMARTS) is 1. The van der Waals surface area contributed by atoms with Crippen molar-refractivity contribution in [1.82, 2.24) is 4.57 Å². The summed E-state index contributed by atoms with van der Waals surface area (Å²) in [6.07, 6.45) is -4.21. The smallest absolute Gasteiger partial charge is 0.264 e. The fraction of sp³-hybridized carbons (Fsp3) is 0.0625. The monoisotopic (exact) mass is 301 g/mol. The maximum Gasteiger partial charge on any atom is 0.264 e. The summed E-state index contributed by atoms with van der Waals surface area (Å²) in [5.41, 5.74) is 6.40. The number of halogens is 2. The van der Waals surface area contributed by atoms with Crippen LogP contribution in [0.4, 0.5) is 19.3 Å². The molecular formula is C16H11F2N2O2-. The Hall–Kier alpha value is -2.89. The number of fused-ring (bicyclic) bond motifs is 1. The molecule has 2 aromatic carbocycles. The van der Waals surface area contributed by atoms with Crippen LogP contribution in [-0.4, -0.2) is 10.7 Å². The van der Waals surface area contributed by atoms with Gasteiger partial charge in [-0.3, -0.25) is 4.57 Å². The number of benzene rings is 2. The first kappa shape index (κ1) is 14.1. The van der Waals surface area contributed by atoms with Crippen molar-refractivity contribution >= 4 is 22.7 Å². The number of hydrogen-bond acceptors (Lipinski definition) is 3. The van der Waals surface area contributed by atoms with E-state index < -0.39 is 12.5 Å². The lowest BCUT2D eigenvalue weighted by molar-refractivity contribution is -0.249. The minimum atomic E-state index is -2.71. The lowest BCUT2D eigenvalue weighted by atomic mass is 10.0. The Morgan fingerprint density at radius 2 is 1.86 bits per heavy atom. The average Bonchev–Trinajstić information content (AvgIpc) is 2.85. The second kappa shape index (κ2) is 5.14. The predicted molar refractivity (Wildman–Crippen MR) is 77.5 cm³/mol. The van der Waals surface area contributed by atoms with Gasteiger partial charge in [-0.1, -0.05) is 30.3 Å². The van der Waals surface area contributed by atoms with Gasteiger partial charge in [-0.15, -0.1) is 0 Å². The number of alkyl halides is 2. The van der Waals surface area contributed by atoms with Gasteiger partial charge in [-0.25, -0.2) is 8.78 Å². The first-order valence-corrected chi connectivity index (χ1v) is 6.49. The van der Waals surface area contributed by atoms with Gasteiger partial charge in [-0.05, 0) is 18.2 Å². The molecule has 0 bridgehead atoms. The van der Waals surface area contributed by atoms with Crippen LogP contribution in [-0.2, 0) is 0 Å². The summed E-state index contributed by atoms with van der Waals surface area (Å²) in [7, 11) is 0. The first-order valence-electron chi connectivity index (χ1n) is 6.49. The number of carbonyl (C=O) groups is 1. The van der Waals surface area contributed by atoms with E-state index in [-0.39, 0.29) is 16.8 Å². The van der Waals surface area contributed by atoms with E-state index in [1.165, 1.54) is 30.3 Å². The van der Waals surface area contributed by atoms with E-state index in [0.717, 1.165) is 4.57 Å². The number of nitrogen functional groups attached to an aromatic ring is 1. The van der Waals surface area contributed by atoms with Crippen molar-refractivity contribution in [3.8, 4) is 11.3 Å². The highest BCUT2D eigenvalue weighted by Gasteiger charge is 2.18. The Balaban J connectivity index is 2.37. The zero-order valence-corrected chi connectivity index (χ0v) is 11.3. The van der Waals surface area contributed by atoms with Crippen molar-refractivity contribution in [3.63, 3.8) is 0 Å². The maximum atomic E-state index is 13.2. The molecule has 0 saturated heterocycles. The molecule has 0 amide bonds. The summed E-state index contributed by atoms with van der Waals surface area (Å²) in [6.45, 7) is 0. The average molecular weight is 301 g/mol. The zero-order valence-electron chi connectivity index (χ0n) is 11.3. The summed E-state index contributed by atoms with van der Waals surface area (Å²) >= 11 is 0. The lowest BCUT2D eigenvalue weighted by Gasteiger charge is -2.14. The van der Waals surface area contributed by atoms with E-state index in [9.17, 15) is 18.7 Å². The van der Waals surface area contributed by atoms with Crippen LogP contribution in [0.5, 0.6) is 0 Å². The van der Waals surface area contributed by atoms with Gasteiger partial charge in [0.15, 0.2) is 0 Å². The van der Waals surface area contributed by atoms with Crippen molar-refractivity contribution in [2.75, 3.05) is 5.73 Å². The third-order valence-corrected chi connectivity index (χ3v) is 3.48. The van der Waals surface area contributed by atoms with Gasteiger partial charge < -0.3 is 15.6 Å². The molecule has 0 unspecified atom stereocenters. The minimum absolute atomic E-state index is 0.136. The van der Waals surface area contributed by atoms with Gasteiger partial charge in [0.2, 0.25) is 0 Å². The number of nitrogens with two attached hydrogens (primary N) is 1. The van der Waals surface area contributed by atoms with Crippen LogP contribution in [0.1, 0.15) is 12.0 Å². The molecule has 2 N–H and O–H groups in total. The summed E-state index contributed by atoms with van der Waals surface area (Å²) in [5, 5.41) is 12.1. The molecule has 6 heteroatoms. The zero-order chi connectivity index (χ0) is 15.9. The fourth-order valence-corrected chi connectivity index (χ4v) is 2.53. The molecule has 0 spiro atoms. The highest BCUT2D eigenvalue weighted by atomic mass is 19.3. The second-order valence-corrected chi connectivity index (χ2v) is 4.84. The molecule has 0 fully saturated rings. The van der Waals surface area contributed by atoms with Gasteiger partial charge >= 0.3 is 0 Å². The third-order valence-electron chi connectivity index (χ3n) is 3.48. The summed E-state index contributed by atoms with van der Waals surface area (Å²) in [6, 6.07) is 12.0. The molecule has 0 aliphatic heterocycles. The van der Waals surface area contributed by atoms with E-state index in [1.54, 1.807) is 18.2 Å². The molecule has 0 saturated carbocycles. The Kier molecular flexibility index (Phi) is 3.29. The highest BCUT2D eigenvalue weighted by molar-refractivity contribution is 5.96. The molecule has 112 valence electrons. The van der Waals surface area contributed by atoms with Crippen LogP contribution in [0.3, 0.4) is 0 Å². The van der Waals surface area contributed by atoms with E-state index in [4.69, 9.17) is 5.73 Å². The quantitative estimate of drug-likeness (QED) is 0.740. The second-order valence-electron chi connectivity index (χ2n) is 4.84. The Bertz CT molecular complexity index is 872. The Morgan fingerprint density at radius 1 is 1.14 bits per heavy atom. The van der Waals surface area contributed by atoms with Gasteiger partial charge in [0.25, 0.3) is 6.43 Å². The van der Waals surface area contributed by atoms with Crippen LogP contribution >= 0.6 is 0 Å². The van der Waals surface area contributed by atoms with E-state index in [0.29, 0.717) is 16.6 Å². The molecule has 4 nitrogen and oxygen atoms in total.